The summed E-state index contributed by atoms with van der Waals surface area (Å²) in [5, 5.41) is 0. The molecular weight excluding hydrogens is 370 g/mol. The van der Waals surface area contributed by atoms with Gasteiger partial charge in [-0.05, 0) is 19.8 Å². The second-order valence-electron chi connectivity index (χ2n) is 2.39. The molecule has 66 valence electrons. The van der Waals surface area contributed by atoms with E-state index >= 15 is 0 Å². The molecule has 0 rings (SSSR count). The van der Waals surface area contributed by atoms with Crippen molar-refractivity contribution in [2.24, 2.45) is 0 Å². The average molecular weight is 382 g/mol. The highest BCUT2D eigenvalue weighted by Crippen LogP contribution is 2.17. The lowest BCUT2D eigenvalue weighted by Gasteiger charge is -2.11. The van der Waals surface area contributed by atoms with Crippen LogP contribution in [-0.4, -0.2) is 14.0 Å². The topological polar surface area (TPSA) is 26.3 Å². The third-order valence-electron chi connectivity index (χ3n) is 1.16. The Morgan fingerprint density at radius 3 is 2.36 bits per heavy atom. The lowest BCUT2D eigenvalue weighted by atomic mass is 10.2. The molecule has 0 aliphatic carbocycles. The molecule has 0 radical (unpaired) electrons. The van der Waals surface area contributed by atoms with Crippen molar-refractivity contribution in [1.82, 2.24) is 0 Å². The number of alkyl halides is 2. The summed E-state index contributed by atoms with van der Waals surface area (Å²) in [6.07, 6.45) is 2.12. The van der Waals surface area contributed by atoms with Crippen LogP contribution in [0.1, 0.15) is 26.7 Å². The maximum atomic E-state index is 10.5. The van der Waals surface area contributed by atoms with Gasteiger partial charge in [0.05, 0.1) is 8.04 Å². The quantitative estimate of drug-likeness (QED) is 0.425. The van der Waals surface area contributed by atoms with Crippen LogP contribution in [-0.2, 0) is 9.53 Å². The largest absolute Gasteiger partial charge is 0.463 e. The Labute approximate surface area is 94.7 Å². The van der Waals surface area contributed by atoms with Gasteiger partial charge in [0.25, 0.3) is 0 Å². The molecule has 0 saturated heterocycles. The van der Waals surface area contributed by atoms with E-state index in [9.17, 15) is 4.79 Å². The lowest BCUT2D eigenvalue weighted by molar-refractivity contribution is -0.145. The normalized spacial score (nSPS) is 13.2. The summed E-state index contributed by atoms with van der Waals surface area (Å²) in [6.45, 7) is 3.37. The molecule has 2 nitrogen and oxygen atoms in total. The summed E-state index contributed by atoms with van der Waals surface area (Å²) >= 11 is 4.71. The monoisotopic (exact) mass is 382 g/mol. The maximum absolute atomic E-state index is 10.5. The van der Waals surface area contributed by atoms with Crippen LogP contribution < -0.4 is 0 Å². The smallest absolute Gasteiger partial charge is 0.302 e. The zero-order chi connectivity index (χ0) is 8.85. The highest BCUT2D eigenvalue weighted by atomic mass is 127. The van der Waals surface area contributed by atoms with E-state index in [1.165, 1.54) is 6.92 Å². The molecule has 0 heterocycles. The van der Waals surface area contributed by atoms with Gasteiger partial charge in [0, 0.05) is 6.92 Å². The van der Waals surface area contributed by atoms with Gasteiger partial charge >= 0.3 is 5.97 Å². The van der Waals surface area contributed by atoms with E-state index in [0.717, 1.165) is 12.8 Å². The predicted molar refractivity (Wildman–Crippen MR) is 62.3 cm³/mol. The van der Waals surface area contributed by atoms with Crippen molar-refractivity contribution in [3.8, 4) is 0 Å². The lowest BCUT2D eigenvalue weighted by Crippen LogP contribution is -2.12. The fourth-order valence-electron chi connectivity index (χ4n) is 0.703. The Hall–Kier alpha value is 0.930. The molecular formula is C7H12I2O2. The standard InChI is InChI=1S/C7H12I2O2/c1-5(11-6(2)10)3-4-7(8)9/h5,7H,3-4H2,1-2H3. The molecule has 0 aromatic heterocycles. The van der Waals surface area contributed by atoms with E-state index in [1.54, 1.807) is 0 Å². The second kappa shape index (κ2) is 6.45. The van der Waals surface area contributed by atoms with Crippen LogP contribution >= 0.6 is 45.2 Å². The number of ether oxygens (including phenoxy) is 1. The number of esters is 1. The van der Waals surface area contributed by atoms with Crippen LogP contribution in [0.25, 0.3) is 0 Å². The van der Waals surface area contributed by atoms with E-state index in [4.69, 9.17) is 4.74 Å². The SMILES string of the molecule is CC(=O)OC(C)CCC(I)I. The van der Waals surface area contributed by atoms with Crippen molar-refractivity contribution in [2.45, 2.75) is 34.7 Å². The molecule has 4 heteroatoms. The predicted octanol–water partition coefficient (Wildman–Crippen LogP) is 2.91. The Kier molecular flexibility index (Phi) is 6.99. The number of carbonyl (C=O) groups excluding carboxylic acids is 1. The number of hydrogen-bond donors (Lipinski definition) is 0. The number of rotatable bonds is 4. The van der Waals surface area contributed by atoms with E-state index in [0.29, 0.717) is 1.93 Å². The van der Waals surface area contributed by atoms with Crippen molar-refractivity contribution in [2.75, 3.05) is 0 Å². The summed E-state index contributed by atoms with van der Waals surface area (Å²) in [4.78, 5) is 10.5. The molecule has 0 fully saturated rings. The molecule has 0 aliphatic heterocycles. The maximum Gasteiger partial charge on any atom is 0.302 e. The van der Waals surface area contributed by atoms with E-state index < -0.39 is 0 Å². The van der Waals surface area contributed by atoms with Gasteiger partial charge in [0.15, 0.2) is 0 Å². The van der Waals surface area contributed by atoms with E-state index in [1.807, 2.05) is 6.92 Å². The molecule has 1 atom stereocenters. The van der Waals surface area contributed by atoms with Gasteiger partial charge in [-0.25, -0.2) is 0 Å². The van der Waals surface area contributed by atoms with E-state index in [-0.39, 0.29) is 12.1 Å². The molecule has 0 aromatic carbocycles. The summed E-state index contributed by atoms with van der Waals surface area (Å²) in [7, 11) is 0. The molecule has 0 N–H and O–H groups in total. The van der Waals surface area contributed by atoms with Crippen LogP contribution in [0.15, 0.2) is 0 Å². The van der Waals surface area contributed by atoms with Gasteiger partial charge in [0.1, 0.15) is 0 Å². The molecule has 0 amide bonds. The molecule has 0 spiro atoms. The third-order valence-corrected chi connectivity index (χ3v) is 2.40. The first kappa shape index (κ1) is 11.9. The molecule has 0 bridgehead atoms. The van der Waals surface area contributed by atoms with Crippen molar-refractivity contribution >= 4 is 51.2 Å². The molecule has 0 aliphatic rings. The van der Waals surface area contributed by atoms with Gasteiger partial charge < -0.3 is 4.74 Å². The highest BCUT2D eigenvalue weighted by Gasteiger charge is 2.06. The Bertz CT molecular complexity index is 126. The fraction of sp³-hybridized carbons (Fsp3) is 0.857. The molecule has 11 heavy (non-hydrogen) atoms. The number of halogens is 2. The second-order valence-corrected chi connectivity index (χ2v) is 7.78. The van der Waals surface area contributed by atoms with Crippen LogP contribution in [0, 0.1) is 0 Å². The van der Waals surface area contributed by atoms with Crippen molar-refractivity contribution in [3.63, 3.8) is 0 Å². The van der Waals surface area contributed by atoms with Gasteiger partial charge in [-0.1, -0.05) is 45.2 Å². The van der Waals surface area contributed by atoms with Crippen molar-refractivity contribution in [3.05, 3.63) is 0 Å². The van der Waals surface area contributed by atoms with Gasteiger partial charge in [-0.15, -0.1) is 0 Å². The summed E-state index contributed by atoms with van der Waals surface area (Å²) < 4.78 is 5.58. The summed E-state index contributed by atoms with van der Waals surface area (Å²) in [5.74, 6) is -0.184. The van der Waals surface area contributed by atoms with Crippen LogP contribution in [0.5, 0.6) is 0 Å². The van der Waals surface area contributed by atoms with Crippen LogP contribution in [0.3, 0.4) is 0 Å². The Balaban J connectivity index is 3.37. The molecule has 0 saturated carbocycles. The van der Waals surface area contributed by atoms with E-state index in [2.05, 4.69) is 45.2 Å². The van der Waals surface area contributed by atoms with Crippen molar-refractivity contribution in [1.29, 1.82) is 0 Å². The third kappa shape index (κ3) is 8.84. The Morgan fingerprint density at radius 2 is 2.00 bits per heavy atom. The first-order chi connectivity index (χ1) is 5.02. The summed E-state index contributed by atoms with van der Waals surface area (Å²) in [6, 6.07) is 0. The minimum absolute atomic E-state index is 0.0690. The minimum atomic E-state index is -0.184. The van der Waals surface area contributed by atoms with Crippen LogP contribution in [0.2, 0.25) is 0 Å². The van der Waals surface area contributed by atoms with Crippen LogP contribution in [0.4, 0.5) is 0 Å². The van der Waals surface area contributed by atoms with Gasteiger partial charge in [-0.2, -0.15) is 0 Å². The summed E-state index contributed by atoms with van der Waals surface area (Å²) in [5.41, 5.74) is 0. The first-order valence-corrected chi connectivity index (χ1v) is 5.97. The molecule has 1 unspecified atom stereocenters. The number of hydrogen-bond acceptors (Lipinski definition) is 2. The van der Waals surface area contributed by atoms with Crippen molar-refractivity contribution < 1.29 is 9.53 Å². The van der Waals surface area contributed by atoms with Gasteiger partial charge in [-0.3, -0.25) is 4.79 Å². The first-order valence-electron chi connectivity index (χ1n) is 3.47. The highest BCUT2D eigenvalue weighted by molar-refractivity contribution is 14.2. The average Bonchev–Trinajstić information content (AvgIpc) is 1.82. The fourth-order valence-corrected chi connectivity index (χ4v) is 1.42. The Morgan fingerprint density at radius 1 is 1.45 bits per heavy atom. The van der Waals surface area contributed by atoms with Gasteiger partial charge in [0.2, 0.25) is 0 Å². The molecule has 0 aromatic rings. The minimum Gasteiger partial charge on any atom is -0.463 e. The zero-order valence-corrected chi connectivity index (χ0v) is 11.0. The number of carbonyl (C=O) groups is 1. The zero-order valence-electron chi connectivity index (χ0n) is 6.64.